The molecule has 1 fully saturated rings. The number of rotatable bonds is 5. The minimum atomic E-state index is -3.34. The third-order valence-corrected chi connectivity index (χ3v) is 6.93. The fourth-order valence-corrected chi connectivity index (χ4v) is 4.27. The highest BCUT2D eigenvalue weighted by Gasteiger charge is 2.33. The average molecular weight is 389 g/mol. The quantitative estimate of drug-likeness (QED) is 0.851. The van der Waals surface area contributed by atoms with Crippen LogP contribution in [-0.2, 0) is 14.8 Å². The van der Waals surface area contributed by atoms with Gasteiger partial charge in [0.05, 0.1) is 24.5 Å². The van der Waals surface area contributed by atoms with Gasteiger partial charge in [0, 0.05) is 5.92 Å². The van der Waals surface area contributed by atoms with Gasteiger partial charge in [-0.05, 0) is 42.7 Å². The molecule has 2 atom stereocenters. The highest BCUT2D eigenvalue weighted by Crippen LogP contribution is 2.36. The first-order valence-corrected chi connectivity index (χ1v) is 10.6. The van der Waals surface area contributed by atoms with E-state index in [-0.39, 0.29) is 18.8 Å². The van der Waals surface area contributed by atoms with Crippen LogP contribution in [0.1, 0.15) is 25.3 Å². The highest BCUT2D eigenvalue weighted by molar-refractivity contribution is 7.90. The van der Waals surface area contributed by atoms with Crippen molar-refractivity contribution in [1.82, 2.24) is 4.72 Å². The van der Waals surface area contributed by atoms with Crippen molar-refractivity contribution in [1.29, 1.82) is 0 Å². The predicted octanol–water partition coefficient (Wildman–Crippen LogP) is 2.89. The maximum atomic E-state index is 12.2. The summed E-state index contributed by atoms with van der Waals surface area (Å²) in [6.45, 7) is 4.50. The van der Waals surface area contributed by atoms with Gasteiger partial charge in [-0.1, -0.05) is 30.3 Å². The Morgan fingerprint density at radius 2 is 1.67 bits per heavy atom. The minimum absolute atomic E-state index is 0.00401. The molecule has 0 amide bonds. The molecule has 27 heavy (non-hydrogen) atoms. The van der Waals surface area contributed by atoms with E-state index >= 15 is 0 Å². The molecule has 0 spiro atoms. The van der Waals surface area contributed by atoms with Crippen LogP contribution >= 0.6 is 0 Å². The molecule has 1 saturated heterocycles. The van der Waals surface area contributed by atoms with Crippen LogP contribution in [0, 0.1) is 0 Å². The molecule has 2 heterocycles. The van der Waals surface area contributed by atoms with E-state index in [9.17, 15) is 8.42 Å². The molecule has 144 valence electrons. The van der Waals surface area contributed by atoms with Crippen molar-refractivity contribution in [3.63, 3.8) is 0 Å². The van der Waals surface area contributed by atoms with Crippen LogP contribution in [0.5, 0.6) is 11.5 Å². The summed E-state index contributed by atoms with van der Waals surface area (Å²) in [5.74, 6) is 1.52. The molecule has 2 aliphatic heterocycles. The van der Waals surface area contributed by atoms with Crippen molar-refractivity contribution in [2.45, 2.75) is 31.1 Å². The molecule has 2 aromatic carbocycles. The molecule has 0 aliphatic carbocycles. The Labute approximate surface area is 159 Å². The molecule has 2 aromatic rings. The molecule has 2 unspecified atom stereocenters. The Morgan fingerprint density at radius 1 is 0.963 bits per heavy atom. The zero-order chi connectivity index (χ0) is 19.0. The van der Waals surface area contributed by atoms with E-state index in [1.54, 1.807) is 13.8 Å². The monoisotopic (exact) mass is 389 g/mol. The normalized spacial score (nSPS) is 21.7. The van der Waals surface area contributed by atoms with Gasteiger partial charge in [-0.3, -0.25) is 0 Å². The SMILES string of the molecule is CC(C)S(=O)(=O)NC1COCC1c1ccc(-c2ccc3c(c2)OCO3)cc1. The number of hydrogen-bond acceptors (Lipinski definition) is 5. The molecule has 0 saturated carbocycles. The number of sulfonamides is 1. The molecule has 0 radical (unpaired) electrons. The summed E-state index contributed by atoms with van der Waals surface area (Å²) in [5, 5.41) is -0.466. The average Bonchev–Trinajstić information content (AvgIpc) is 3.30. The number of hydrogen-bond donors (Lipinski definition) is 1. The van der Waals surface area contributed by atoms with Gasteiger partial charge >= 0.3 is 0 Å². The smallest absolute Gasteiger partial charge is 0.231 e. The summed E-state index contributed by atoms with van der Waals surface area (Å²) >= 11 is 0. The maximum Gasteiger partial charge on any atom is 0.231 e. The maximum absolute atomic E-state index is 12.2. The second-order valence-corrected chi connectivity index (χ2v) is 9.42. The summed E-state index contributed by atoms with van der Waals surface area (Å²) in [7, 11) is -3.34. The fourth-order valence-electron chi connectivity index (χ4n) is 3.34. The van der Waals surface area contributed by atoms with Crippen molar-refractivity contribution in [2.75, 3.05) is 20.0 Å². The van der Waals surface area contributed by atoms with E-state index in [4.69, 9.17) is 14.2 Å². The van der Waals surface area contributed by atoms with E-state index < -0.39 is 15.3 Å². The summed E-state index contributed by atoms with van der Waals surface area (Å²) in [6.07, 6.45) is 0. The Bertz CT molecular complexity index is 924. The van der Waals surface area contributed by atoms with E-state index in [1.807, 2.05) is 42.5 Å². The minimum Gasteiger partial charge on any atom is -0.454 e. The third kappa shape index (κ3) is 3.67. The second-order valence-electron chi connectivity index (χ2n) is 7.15. The van der Waals surface area contributed by atoms with Gasteiger partial charge in [-0.2, -0.15) is 0 Å². The van der Waals surface area contributed by atoms with Gasteiger partial charge in [0.15, 0.2) is 11.5 Å². The number of ether oxygens (including phenoxy) is 3. The van der Waals surface area contributed by atoms with Gasteiger partial charge in [0.1, 0.15) is 0 Å². The first-order valence-electron chi connectivity index (χ1n) is 9.03. The molecule has 4 rings (SSSR count). The van der Waals surface area contributed by atoms with Gasteiger partial charge < -0.3 is 14.2 Å². The molecule has 2 aliphatic rings. The van der Waals surface area contributed by atoms with Crippen molar-refractivity contribution in [3.8, 4) is 22.6 Å². The van der Waals surface area contributed by atoms with Crippen molar-refractivity contribution < 1.29 is 22.6 Å². The zero-order valence-corrected chi connectivity index (χ0v) is 16.2. The van der Waals surface area contributed by atoms with Gasteiger partial charge in [-0.25, -0.2) is 13.1 Å². The van der Waals surface area contributed by atoms with Gasteiger partial charge in [0.25, 0.3) is 0 Å². The van der Waals surface area contributed by atoms with Crippen molar-refractivity contribution in [2.24, 2.45) is 0 Å². The molecule has 6 nitrogen and oxygen atoms in total. The number of fused-ring (bicyclic) bond motifs is 1. The van der Waals surface area contributed by atoms with Crippen LogP contribution < -0.4 is 14.2 Å². The Balaban J connectivity index is 1.53. The van der Waals surface area contributed by atoms with Gasteiger partial charge in [0.2, 0.25) is 16.8 Å². The lowest BCUT2D eigenvalue weighted by Crippen LogP contribution is -2.42. The molecule has 7 heteroatoms. The lowest BCUT2D eigenvalue weighted by Gasteiger charge is -2.21. The topological polar surface area (TPSA) is 73.9 Å². The van der Waals surface area contributed by atoms with Crippen LogP contribution in [-0.4, -0.2) is 39.7 Å². The Morgan fingerprint density at radius 3 is 2.41 bits per heavy atom. The molecule has 1 N–H and O–H groups in total. The van der Waals surface area contributed by atoms with E-state index in [1.165, 1.54) is 0 Å². The van der Waals surface area contributed by atoms with Crippen LogP contribution in [0.25, 0.3) is 11.1 Å². The van der Waals surface area contributed by atoms with Crippen LogP contribution in [0.15, 0.2) is 42.5 Å². The zero-order valence-electron chi connectivity index (χ0n) is 15.3. The largest absolute Gasteiger partial charge is 0.454 e. The summed E-state index contributed by atoms with van der Waals surface area (Å²) in [4.78, 5) is 0. The van der Waals surface area contributed by atoms with E-state index in [0.29, 0.717) is 13.2 Å². The third-order valence-electron chi connectivity index (χ3n) is 5.06. The Kier molecular flexibility index (Phi) is 4.84. The van der Waals surface area contributed by atoms with Crippen LogP contribution in [0.4, 0.5) is 0 Å². The van der Waals surface area contributed by atoms with Gasteiger partial charge in [-0.15, -0.1) is 0 Å². The predicted molar refractivity (Wildman–Crippen MR) is 103 cm³/mol. The first kappa shape index (κ1) is 18.3. The lowest BCUT2D eigenvalue weighted by molar-refractivity contribution is 0.174. The number of nitrogens with one attached hydrogen (secondary N) is 1. The second kappa shape index (κ2) is 7.14. The summed E-state index contributed by atoms with van der Waals surface area (Å²) < 4.78 is 43.6. The van der Waals surface area contributed by atoms with Crippen LogP contribution in [0.2, 0.25) is 0 Å². The molecule has 0 bridgehead atoms. The van der Waals surface area contributed by atoms with Crippen molar-refractivity contribution in [3.05, 3.63) is 48.0 Å². The van der Waals surface area contributed by atoms with Crippen molar-refractivity contribution >= 4 is 10.0 Å². The van der Waals surface area contributed by atoms with Crippen LogP contribution in [0.3, 0.4) is 0 Å². The fraction of sp³-hybridized carbons (Fsp3) is 0.400. The highest BCUT2D eigenvalue weighted by atomic mass is 32.2. The Hall–Kier alpha value is -2.09. The van der Waals surface area contributed by atoms with E-state index in [0.717, 1.165) is 28.2 Å². The molecular formula is C20H23NO5S. The van der Waals surface area contributed by atoms with E-state index in [2.05, 4.69) is 4.72 Å². The molecule has 0 aromatic heterocycles. The summed E-state index contributed by atoms with van der Waals surface area (Å²) in [5.41, 5.74) is 3.18. The standard InChI is InChI=1S/C20H23NO5S/c1-13(2)27(22,23)21-18-11-24-10-17(18)15-5-3-14(4-6-15)16-7-8-19-20(9-16)26-12-25-19/h3-9,13,17-18,21H,10-12H2,1-2H3. The molecular weight excluding hydrogens is 366 g/mol. The first-order chi connectivity index (χ1) is 12.9. The lowest BCUT2D eigenvalue weighted by atomic mass is 9.93. The number of benzene rings is 2. The summed E-state index contributed by atoms with van der Waals surface area (Å²) in [6, 6.07) is 13.8.